The summed E-state index contributed by atoms with van der Waals surface area (Å²) in [5, 5.41) is 13.5. The zero-order valence-electron chi connectivity index (χ0n) is 14.0. The van der Waals surface area contributed by atoms with Crippen LogP contribution in [-0.2, 0) is 0 Å². The van der Waals surface area contributed by atoms with Gasteiger partial charge in [0.25, 0.3) is 0 Å². The summed E-state index contributed by atoms with van der Waals surface area (Å²) in [6.07, 6.45) is 3.66. The molecule has 1 N–H and O–H groups in total. The first kappa shape index (κ1) is 18.0. The van der Waals surface area contributed by atoms with Gasteiger partial charge in [-0.05, 0) is 24.0 Å². The van der Waals surface area contributed by atoms with Gasteiger partial charge in [-0.3, -0.25) is 0 Å². The van der Waals surface area contributed by atoms with Crippen LogP contribution in [0.1, 0.15) is 17.0 Å². The molecular formula is C20H16F2N2OS. The molecule has 132 valence electrons. The molecule has 1 aliphatic rings. The standard InChI is InChI=1S/C20H16F2N2OS/c1-26-20-16(11-23)15(10-17(24-20)13-6-3-2-4-7-13)14-8-5-9-18(19(14)22)25-12-21/h2-10,15,24H,12H2,1H3. The number of hydrogen-bond donors (Lipinski definition) is 1. The van der Waals surface area contributed by atoms with Gasteiger partial charge in [0.05, 0.1) is 16.7 Å². The maximum absolute atomic E-state index is 14.8. The third kappa shape index (κ3) is 3.44. The Morgan fingerprint density at radius 1 is 1.19 bits per heavy atom. The van der Waals surface area contributed by atoms with Crippen LogP contribution in [0, 0.1) is 17.1 Å². The van der Waals surface area contributed by atoms with E-state index in [0.717, 1.165) is 11.3 Å². The topological polar surface area (TPSA) is 45.0 Å². The Hall–Kier alpha value is -2.78. The van der Waals surface area contributed by atoms with Crippen molar-refractivity contribution in [3.05, 3.63) is 82.2 Å². The number of allylic oxidation sites excluding steroid dienone is 2. The van der Waals surface area contributed by atoms with Crippen LogP contribution in [-0.4, -0.2) is 13.1 Å². The average Bonchev–Trinajstić information content (AvgIpc) is 2.69. The number of nitrogens with one attached hydrogen (secondary N) is 1. The molecule has 2 aromatic carbocycles. The van der Waals surface area contributed by atoms with Crippen LogP contribution in [0.3, 0.4) is 0 Å². The Labute approximate surface area is 155 Å². The molecule has 1 heterocycles. The van der Waals surface area contributed by atoms with Crippen LogP contribution in [0.5, 0.6) is 5.75 Å². The molecule has 1 unspecified atom stereocenters. The van der Waals surface area contributed by atoms with Crippen molar-refractivity contribution in [1.82, 2.24) is 5.32 Å². The zero-order chi connectivity index (χ0) is 18.5. The fraction of sp³-hybridized carbons (Fsp3) is 0.150. The van der Waals surface area contributed by atoms with E-state index in [-0.39, 0.29) is 11.3 Å². The summed E-state index contributed by atoms with van der Waals surface area (Å²) in [6.45, 7) is -1.12. The van der Waals surface area contributed by atoms with E-state index < -0.39 is 18.6 Å². The van der Waals surface area contributed by atoms with E-state index in [2.05, 4.69) is 11.4 Å². The Kier molecular flexibility index (Phi) is 5.59. The second kappa shape index (κ2) is 8.07. The van der Waals surface area contributed by atoms with E-state index in [1.807, 2.05) is 42.7 Å². The van der Waals surface area contributed by atoms with Crippen LogP contribution in [0.15, 0.2) is 65.2 Å². The lowest BCUT2D eigenvalue weighted by atomic mass is 9.88. The summed E-state index contributed by atoms with van der Waals surface area (Å²) >= 11 is 1.39. The number of nitrogens with zero attached hydrogens (tertiary/aromatic N) is 1. The fourth-order valence-corrected chi connectivity index (χ4v) is 3.48. The lowest BCUT2D eigenvalue weighted by Gasteiger charge is -2.26. The van der Waals surface area contributed by atoms with E-state index in [1.54, 1.807) is 12.1 Å². The molecule has 0 saturated carbocycles. The molecule has 2 aromatic rings. The summed E-state index contributed by atoms with van der Waals surface area (Å²) < 4.78 is 32.1. The van der Waals surface area contributed by atoms with Gasteiger partial charge in [-0.2, -0.15) is 5.26 Å². The lowest BCUT2D eigenvalue weighted by Crippen LogP contribution is -2.20. The van der Waals surface area contributed by atoms with Crippen LogP contribution in [0.25, 0.3) is 5.70 Å². The Morgan fingerprint density at radius 2 is 1.96 bits per heavy atom. The van der Waals surface area contributed by atoms with Crippen LogP contribution in [0.4, 0.5) is 8.78 Å². The largest absolute Gasteiger partial charge is 0.460 e. The smallest absolute Gasteiger partial charge is 0.228 e. The summed E-state index contributed by atoms with van der Waals surface area (Å²) in [5.41, 5.74) is 2.40. The van der Waals surface area contributed by atoms with E-state index in [4.69, 9.17) is 4.74 Å². The first-order valence-corrected chi connectivity index (χ1v) is 9.11. The fourth-order valence-electron chi connectivity index (χ4n) is 2.87. The molecule has 0 spiro atoms. The van der Waals surface area contributed by atoms with Crippen molar-refractivity contribution < 1.29 is 13.5 Å². The van der Waals surface area contributed by atoms with Gasteiger partial charge in [-0.15, -0.1) is 11.8 Å². The van der Waals surface area contributed by atoms with Crippen molar-refractivity contribution >= 4 is 17.5 Å². The molecule has 0 amide bonds. The number of alkyl halides is 1. The van der Waals surface area contributed by atoms with Gasteiger partial charge < -0.3 is 10.1 Å². The number of nitriles is 1. The molecule has 3 nitrogen and oxygen atoms in total. The molecule has 0 aliphatic carbocycles. The second-order valence-electron chi connectivity index (χ2n) is 5.52. The highest BCUT2D eigenvalue weighted by atomic mass is 32.2. The minimum Gasteiger partial charge on any atom is -0.460 e. The van der Waals surface area contributed by atoms with E-state index >= 15 is 0 Å². The van der Waals surface area contributed by atoms with Crippen molar-refractivity contribution in [3.63, 3.8) is 0 Å². The van der Waals surface area contributed by atoms with Crippen molar-refractivity contribution in [3.8, 4) is 11.8 Å². The summed E-state index contributed by atoms with van der Waals surface area (Å²) in [4.78, 5) is 0. The Balaban J connectivity index is 2.14. The van der Waals surface area contributed by atoms with Crippen molar-refractivity contribution in [2.24, 2.45) is 0 Å². The van der Waals surface area contributed by atoms with Crippen LogP contribution in [0.2, 0.25) is 0 Å². The number of hydrogen-bond acceptors (Lipinski definition) is 4. The van der Waals surface area contributed by atoms with Gasteiger partial charge in [-0.1, -0.05) is 42.5 Å². The number of benzene rings is 2. The van der Waals surface area contributed by atoms with E-state index in [1.165, 1.54) is 17.8 Å². The highest BCUT2D eigenvalue weighted by Gasteiger charge is 2.28. The molecule has 0 saturated heterocycles. The third-order valence-corrected chi connectivity index (χ3v) is 4.82. The molecule has 0 aromatic heterocycles. The van der Waals surface area contributed by atoms with Crippen LogP contribution < -0.4 is 10.1 Å². The molecule has 0 bridgehead atoms. The molecule has 6 heteroatoms. The number of dihydropyridines is 1. The minimum atomic E-state index is -1.12. The average molecular weight is 370 g/mol. The van der Waals surface area contributed by atoms with Gasteiger partial charge >= 0.3 is 0 Å². The molecule has 26 heavy (non-hydrogen) atoms. The summed E-state index contributed by atoms with van der Waals surface area (Å²) in [7, 11) is 0. The molecule has 1 atom stereocenters. The van der Waals surface area contributed by atoms with Gasteiger partial charge in [0.15, 0.2) is 11.6 Å². The SMILES string of the molecule is CSC1=C(C#N)C(c2cccc(OCF)c2F)C=C(c2ccccc2)N1. The highest BCUT2D eigenvalue weighted by molar-refractivity contribution is 8.02. The molecule has 3 rings (SSSR count). The van der Waals surface area contributed by atoms with Crippen LogP contribution >= 0.6 is 11.8 Å². The van der Waals surface area contributed by atoms with E-state index in [0.29, 0.717) is 10.6 Å². The van der Waals surface area contributed by atoms with Crippen molar-refractivity contribution in [2.45, 2.75) is 5.92 Å². The monoisotopic (exact) mass is 370 g/mol. The minimum absolute atomic E-state index is 0.166. The van der Waals surface area contributed by atoms with Gasteiger partial charge in [0.1, 0.15) is 0 Å². The maximum atomic E-state index is 14.8. The first-order chi connectivity index (χ1) is 12.7. The Bertz CT molecular complexity index is 904. The summed E-state index contributed by atoms with van der Waals surface area (Å²) in [5.74, 6) is -1.42. The first-order valence-electron chi connectivity index (χ1n) is 7.89. The number of ether oxygens (including phenoxy) is 1. The molecular weight excluding hydrogens is 354 g/mol. The van der Waals surface area contributed by atoms with Crippen molar-refractivity contribution in [2.75, 3.05) is 13.1 Å². The maximum Gasteiger partial charge on any atom is 0.228 e. The second-order valence-corrected chi connectivity index (χ2v) is 6.34. The lowest BCUT2D eigenvalue weighted by molar-refractivity contribution is 0.184. The predicted octanol–water partition coefficient (Wildman–Crippen LogP) is 4.96. The van der Waals surface area contributed by atoms with Gasteiger partial charge in [0.2, 0.25) is 6.86 Å². The predicted molar refractivity (Wildman–Crippen MR) is 99.5 cm³/mol. The third-order valence-electron chi connectivity index (χ3n) is 4.08. The summed E-state index contributed by atoms with van der Waals surface area (Å²) in [6, 6.07) is 16.3. The van der Waals surface area contributed by atoms with Gasteiger partial charge in [-0.25, -0.2) is 8.78 Å². The number of halogens is 2. The molecule has 1 aliphatic heterocycles. The van der Waals surface area contributed by atoms with Crippen molar-refractivity contribution in [1.29, 1.82) is 5.26 Å². The molecule has 0 fully saturated rings. The zero-order valence-corrected chi connectivity index (χ0v) is 14.8. The number of thioether (sulfide) groups is 1. The normalized spacial score (nSPS) is 16.5. The molecule has 0 radical (unpaired) electrons. The van der Waals surface area contributed by atoms with Gasteiger partial charge in [0, 0.05) is 17.2 Å². The highest BCUT2D eigenvalue weighted by Crippen LogP contribution is 2.39. The Morgan fingerprint density at radius 3 is 2.62 bits per heavy atom. The van der Waals surface area contributed by atoms with E-state index in [9.17, 15) is 14.0 Å². The quantitative estimate of drug-likeness (QED) is 0.808. The number of rotatable bonds is 5.